The number of ether oxygens (including phenoxy) is 2. The topological polar surface area (TPSA) is 95.7 Å². The van der Waals surface area contributed by atoms with Gasteiger partial charge in [-0.15, -0.1) is 0 Å². The third kappa shape index (κ3) is 5.64. The van der Waals surface area contributed by atoms with E-state index in [1.807, 2.05) is 0 Å². The van der Waals surface area contributed by atoms with E-state index >= 15 is 0 Å². The van der Waals surface area contributed by atoms with Crippen LogP contribution in [-0.4, -0.2) is 27.6 Å². The standard InChI is InChI=1S/C16H16FNO5S/c17-13-3-1-12(2-4-13)11-16(19)23-10-9-22-14-5-7-15(8-6-14)24(18,20)21/h1-8H,9-11H2,(H2,18,20,21). The van der Waals surface area contributed by atoms with E-state index in [1.54, 1.807) is 0 Å². The summed E-state index contributed by atoms with van der Waals surface area (Å²) >= 11 is 0. The maximum Gasteiger partial charge on any atom is 0.310 e. The first-order chi connectivity index (χ1) is 11.3. The fourth-order valence-electron chi connectivity index (χ4n) is 1.86. The zero-order valence-electron chi connectivity index (χ0n) is 12.6. The molecule has 24 heavy (non-hydrogen) atoms. The van der Waals surface area contributed by atoms with Gasteiger partial charge in [0.25, 0.3) is 0 Å². The molecule has 0 aliphatic rings. The van der Waals surface area contributed by atoms with Crippen LogP contribution in [0, 0.1) is 5.82 Å². The highest BCUT2D eigenvalue weighted by Crippen LogP contribution is 2.14. The third-order valence-corrected chi connectivity index (χ3v) is 3.96. The van der Waals surface area contributed by atoms with Crippen LogP contribution in [0.15, 0.2) is 53.4 Å². The molecule has 0 saturated heterocycles. The van der Waals surface area contributed by atoms with E-state index < -0.39 is 16.0 Å². The van der Waals surface area contributed by atoms with Gasteiger partial charge in [0, 0.05) is 0 Å². The summed E-state index contributed by atoms with van der Waals surface area (Å²) in [7, 11) is -3.74. The first-order valence-corrected chi connectivity index (χ1v) is 8.55. The number of sulfonamides is 1. The van der Waals surface area contributed by atoms with Gasteiger partial charge in [-0.25, -0.2) is 17.9 Å². The molecule has 0 aromatic heterocycles. The smallest absolute Gasteiger partial charge is 0.310 e. The van der Waals surface area contributed by atoms with Gasteiger partial charge in [0.2, 0.25) is 10.0 Å². The fraction of sp³-hybridized carbons (Fsp3) is 0.188. The second-order valence-corrected chi connectivity index (χ2v) is 6.45. The second-order valence-electron chi connectivity index (χ2n) is 4.89. The van der Waals surface area contributed by atoms with Gasteiger partial charge in [0.15, 0.2) is 0 Å². The van der Waals surface area contributed by atoms with Gasteiger partial charge < -0.3 is 9.47 Å². The molecule has 0 aliphatic heterocycles. The van der Waals surface area contributed by atoms with Crippen LogP contribution in [0.25, 0.3) is 0 Å². The van der Waals surface area contributed by atoms with Gasteiger partial charge in [-0.1, -0.05) is 12.1 Å². The van der Waals surface area contributed by atoms with Crippen molar-refractivity contribution in [2.75, 3.05) is 13.2 Å². The van der Waals surface area contributed by atoms with Crippen molar-refractivity contribution in [2.45, 2.75) is 11.3 Å². The third-order valence-electron chi connectivity index (χ3n) is 3.03. The highest BCUT2D eigenvalue weighted by atomic mass is 32.2. The number of halogens is 1. The van der Waals surface area contributed by atoms with Crippen molar-refractivity contribution in [3.05, 3.63) is 59.9 Å². The van der Waals surface area contributed by atoms with Gasteiger partial charge in [-0.2, -0.15) is 0 Å². The maximum absolute atomic E-state index is 12.8. The van der Waals surface area contributed by atoms with Crippen molar-refractivity contribution in [3.8, 4) is 5.75 Å². The molecular formula is C16H16FNO5S. The molecule has 6 nitrogen and oxygen atoms in total. The second kappa shape index (κ2) is 7.89. The normalized spacial score (nSPS) is 11.1. The molecule has 0 saturated carbocycles. The molecule has 2 N–H and O–H groups in total. The average molecular weight is 353 g/mol. The number of nitrogens with two attached hydrogens (primary N) is 1. The van der Waals surface area contributed by atoms with E-state index in [1.165, 1.54) is 48.5 Å². The Hall–Kier alpha value is -2.45. The highest BCUT2D eigenvalue weighted by molar-refractivity contribution is 7.89. The number of carbonyl (C=O) groups is 1. The van der Waals surface area contributed by atoms with Crippen LogP contribution in [0.1, 0.15) is 5.56 Å². The van der Waals surface area contributed by atoms with Crippen molar-refractivity contribution in [1.82, 2.24) is 0 Å². The lowest BCUT2D eigenvalue weighted by molar-refractivity contribution is -0.143. The Morgan fingerprint density at radius 3 is 2.21 bits per heavy atom. The van der Waals surface area contributed by atoms with Crippen molar-refractivity contribution in [2.24, 2.45) is 5.14 Å². The van der Waals surface area contributed by atoms with Gasteiger partial charge in [0.1, 0.15) is 24.8 Å². The Labute approximate surface area is 139 Å². The largest absolute Gasteiger partial charge is 0.490 e. The van der Waals surface area contributed by atoms with Crippen LogP contribution in [-0.2, 0) is 26.0 Å². The molecule has 0 heterocycles. The lowest BCUT2D eigenvalue weighted by Gasteiger charge is -2.08. The van der Waals surface area contributed by atoms with Gasteiger partial charge in [0.05, 0.1) is 11.3 Å². The number of hydrogen-bond donors (Lipinski definition) is 1. The summed E-state index contributed by atoms with van der Waals surface area (Å²) in [5.74, 6) is -0.388. The van der Waals surface area contributed by atoms with Crippen LogP contribution in [0.3, 0.4) is 0 Å². The molecular weight excluding hydrogens is 337 g/mol. The number of primary sulfonamides is 1. The van der Waals surface area contributed by atoms with Crippen molar-refractivity contribution in [3.63, 3.8) is 0 Å². The molecule has 2 aromatic rings. The first-order valence-electron chi connectivity index (χ1n) is 7.00. The molecule has 0 atom stereocenters. The molecule has 0 amide bonds. The first kappa shape index (κ1) is 17.9. The molecule has 0 unspecified atom stereocenters. The van der Waals surface area contributed by atoms with Crippen molar-refractivity contribution in [1.29, 1.82) is 0 Å². The van der Waals surface area contributed by atoms with Crippen LogP contribution in [0.5, 0.6) is 5.75 Å². The number of hydrogen-bond acceptors (Lipinski definition) is 5. The van der Waals surface area contributed by atoms with Gasteiger partial charge in [-0.05, 0) is 42.0 Å². The molecule has 8 heteroatoms. The fourth-order valence-corrected chi connectivity index (χ4v) is 2.38. The Bertz CT molecular complexity index is 788. The van der Waals surface area contributed by atoms with Gasteiger partial charge in [-0.3, -0.25) is 4.79 Å². The Balaban J connectivity index is 1.72. The molecule has 0 aliphatic carbocycles. The maximum atomic E-state index is 12.8. The predicted molar refractivity (Wildman–Crippen MR) is 84.4 cm³/mol. The van der Waals surface area contributed by atoms with E-state index in [-0.39, 0.29) is 30.3 Å². The van der Waals surface area contributed by atoms with E-state index in [2.05, 4.69) is 0 Å². The van der Waals surface area contributed by atoms with Crippen molar-refractivity contribution >= 4 is 16.0 Å². The summed E-state index contributed by atoms with van der Waals surface area (Å²) in [6.45, 7) is 0.154. The SMILES string of the molecule is NS(=O)(=O)c1ccc(OCCOC(=O)Cc2ccc(F)cc2)cc1. The Morgan fingerprint density at radius 2 is 1.62 bits per heavy atom. The number of benzene rings is 2. The van der Waals surface area contributed by atoms with E-state index in [0.29, 0.717) is 11.3 Å². The Kier molecular flexibility index (Phi) is 5.88. The minimum absolute atomic E-state index is 0.0134. The van der Waals surface area contributed by atoms with Crippen LogP contribution < -0.4 is 9.88 Å². The molecule has 2 aromatic carbocycles. The summed E-state index contributed by atoms with van der Waals surface area (Å²) < 4.78 is 45.3. The monoisotopic (exact) mass is 353 g/mol. The number of carbonyl (C=O) groups excluding carboxylic acids is 1. The van der Waals surface area contributed by atoms with Crippen LogP contribution in [0.2, 0.25) is 0 Å². The Morgan fingerprint density at radius 1 is 1.00 bits per heavy atom. The predicted octanol–water partition coefficient (Wildman–Crippen LogP) is 1.64. The quantitative estimate of drug-likeness (QED) is 0.603. The molecule has 0 fully saturated rings. The zero-order chi connectivity index (χ0) is 17.6. The number of esters is 1. The summed E-state index contributed by atoms with van der Waals surface area (Å²) in [6, 6.07) is 11.1. The molecule has 0 bridgehead atoms. The summed E-state index contributed by atoms with van der Waals surface area (Å²) in [5, 5.41) is 4.99. The minimum Gasteiger partial charge on any atom is -0.490 e. The van der Waals surface area contributed by atoms with Crippen LogP contribution >= 0.6 is 0 Å². The molecule has 0 radical (unpaired) electrons. The van der Waals surface area contributed by atoms with E-state index in [9.17, 15) is 17.6 Å². The lowest BCUT2D eigenvalue weighted by Crippen LogP contribution is -2.14. The van der Waals surface area contributed by atoms with Crippen molar-refractivity contribution < 1.29 is 27.1 Å². The zero-order valence-corrected chi connectivity index (χ0v) is 13.5. The molecule has 0 spiro atoms. The molecule has 128 valence electrons. The summed E-state index contributed by atoms with van der Waals surface area (Å²) in [6.07, 6.45) is 0.0450. The van der Waals surface area contributed by atoms with E-state index in [0.717, 1.165) is 0 Å². The number of rotatable bonds is 7. The summed E-state index contributed by atoms with van der Waals surface area (Å²) in [4.78, 5) is 11.6. The average Bonchev–Trinajstić information content (AvgIpc) is 2.53. The highest BCUT2D eigenvalue weighted by Gasteiger charge is 2.08. The van der Waals surface area contributed by atoms with E-state index in [4.69, 9.17) is 14.6 Å². The summed E-state index contributed by atoms with van der Waals surface area (Å²) in [5.41, 5.74) is 0.654. The van der Waals surface area contributed by atoms with Crippen LogP contribution in [0.4, 0.5) is 4.39 Å². The lowest BCUT2D eigenvalue weighted by atomic mass is 10.1. The minimum atomic E-state index is -3.74. The molecule has 2 rings (SSSR count). The van der Waals surface area contributed by atoms with Gasteiger partial charge >= 0.3 is 5.97 Å².